The molecule has 0 bridgehead atoms. The zero-order valence-corrected chi connectivity index (χ0v) is 16.8. The van der Waals surface area contributed by atoms with Crippen LogP contribution in [0.25, 0.3) is 0 Å². The van der Waals surface area contributed by atoms with Crippen molar-refractivity contribution in [3.8, 4) is 0 Å². The first-order valence-corrected chi connectivity index (χ1v) is 10.1. The molecule has 2 unspecified atom stereocenters. The lowest BCUT2D eigenvalue weighted by molar-refractivity contribution is -0.858. The highest BCUT2D eigenvalue weighted by Gasteiger charge is 2.51. The van der Waals surface area contributed by atoms with Crippen LogP contribution in [0.4, 0.5) is 0 Å². The van der Waals surface area contributed by atoms with Gasteiger partial charge < -0.3 is 9.80 Å². The summed E-state index contributed by atoms with van der Waals surface area (Å²) in [6, 6.07) is 9.90. The molecular formula is C20H22ClN2O3S+. The number of hydrogen-bond acceptors (Lipinski definition) is 4. The first-order valence-electron chi connectivity index (χ1n) is 8.87. The molecule has 1 aromatic heterocycles. The molecule has 142 valence electrons. The van der Waals surface area contributed by atoms with Gasteiger partial charge in [-0.3, -0.25) is 14.4 Å². The number of nitrogens with zero attached hydrogens (tertiary/aromatic N) is 1. The molecule has 1 amide bonds. The van der Waals surface area contributed by atoms with Crippen LogP contribution >= 0.6 is 22.9 Å². The standard InChI is InChI=1S/C20H21ClN2O3S/c1-22(2)10-4-11-23-17(13-6-8-14(21)9-7-13)16(19(25)20(23)26)18(24)15-5-3-12-27-15/h3,5-9,12,16-17H,4,10-11H2,1-2H3/p+1. The summed E-state index contributed by atoms with van der Waals surface area (Å²) in [6.07, 6.45) is 0.755. The number of carbonyl (C=O) groups is 3. The SMILES string of the molecule is C[NH+](C)CCCN1C(=O)C(=O)C(C(=O)c2cccs2)C1c1ccc(Cl)cc1. The van der Waals surface area contributed by atoms with Crippen LogP contribution in [0.5, 0.6) is 0 Å². The van der Waals surface area contributed by atoms with Crippen molar-refractivity contribution >= 4 is 40.4 Å². The second kappa shape index (κ2) is 8.33. The second-order valence-corrected chi connectivity index (χ2v) is 8.37. The van der Waals surface area contributed by atoms with E-state index in [0.717, 1.165) is 18.5 Å². The number of benzene rings is 1. The van der Waals surface area contributed by atoms with Gasteiger partial charge >= 0.3 is 0 Å². The van der Waals surface area contributed by atoms with Gasteiger partial charge in [0.15, 0.2) is 5.78 Å². The van der Waals surface area contributed by atoms with Crippen LogP contribution in [0.15, 0.2) is 41.8 Å². The molecule has 1 aliphatic rings. The molecule has 0 radical (unpaired) electrons. The van der Waals surface area contributed by atoms with E-state index in [-0.39, 0.29) is 5.78 Å². The van der Waals surface area contributed by atoms with Gasteiger partial charge in [0.25, 0.3) is 5.91 Å². The summed E-state index contributed by atoms with van der Waals surface area (Å²) in [5.41, 5.74) is 0.755. The molecular weight excluding hydrogens is 384 g/mol. The number of halogens is 1. The van der Waals surface area contributed by atoms with Gasteiger partial charge in [0.2, 0.25) is 5.78 Å². The quantitative estimate of drug-likeness (QED) is 0.434. The summed E-state index contributed by atoms with van der Waals surface area (Å²) >= 11 is 7.28. The molecule has 1 fully saturated rings. The Morgan fingerprint density at radius 1 is 1.19 bits per heavy atom. The topological polar surface area (TPSA) is 58.9 Å². The Balaban J connectivity index is 1.96. The maximum absolute atomic E-state index is 13.0. The molecule has 0 saturated carbocycles. The monoisotopic (exact) mass is 405 g/mol. The van der Waals surface area contributed by atoms with Crippen molar-refractivity contribution in [1.82, 2.24) is 4.90 Å². The number of carbonyl (C=O) groups excluding carboxylic acids is 3. The van der Waals surface area contributed by atoms with E-state index in [4.69, 9.17) is 11.6 Å². The average molecular weight is 406 g/mol. The predicted octanol–water partition coefficient (Wildman–Crippen LogP) is 1.89. The zero-order valence-electron chi connectivity index (χ0n) is 15.3. The lowest BCUT2D eigenvalue weighted by Gasteiger charge is -2.27. The molecule has 3 rings (SSSR count). The Morgan fingerprint density at radius 2 is 1.89 bits per heavy atom. The fourth-order valence-corrected chi connectivity index (χ4v) is 4.26. The molecule has 2 heterocycles. The van der Waals surface area contributed by atoms with Crippen molar-refractivity contribution in [1.29, 1.82) is 0 Å². The van der Waals surface area contributed by atoms with E-state index >= 15 is 0 Å². The van der Waals surface area contributed by atoms with Crippen LogP contribution in [0.1, 0.15) is 27.7 Å². The maximum Gasteiger partial charge on any atom is 0.291 e. The Bertz CT molecular complexity index is 833. The number of quaternary nitrogens is 1. The largest absolute Gasteiger partial charge is 0.340 e. The summed E-state index contributed by atoms with van der Waals surface area (Å²) in [5, 5.41) is 2.36. The van der Waals surface area contributed by atoms with E-state index < -0.39 is 23.7 Å². The number of nitrogens with one attached hydrogen (secondary N) is 1. The maximum atomic E-state index is 13.0. The van der Waals surface area contributed by atoms with E-state index in [0.29, 0.717) is 16.4 Å². The van der Waals surface area contributed by atoms with Crippen LogP contribution in [0.3, 0.4) is 0 Å². The first-order chi connectivity index (χ1) is 12.9. The molecule has 0 spiro atoms. The van der Waals surface area contributed by atoms with Crippen LogP contribution in [0.2, 0.25) is 5.02 Å². The second-order valence-electron chi connectivity index (χ2n) is 6.99. The lowest BCUT2D eigenvalue weighted by Crippen LogP contribution is -3.05. The van der Waals surface area contributed by atoms with Gasteiger partial charge in [-0.1, -0.05) is 29.8 Å². The lowest BCUT2D eigenvalue weighted by atomic mass is 9.88. The van der Waals surface area contributed by atoms with E-state index in [1.54, 1.807) is 46.7 Å². The fraction of sp³-hybridized carbons (Fsp3) is 0.350. The zero-order chi connectivity index (χ0) is 19.6. The van der Waals surface area contributed by atoms with Crippen molar-refractivity contribution in [3.05, 3.63) is 57.2 Å². The molecule has 1 N–H and O–H groups in total. The van der Waals surface area contributed by atoms with Gasteiger partial charge in [0.1, 0.15) is 5.92 Å². The number of ketones is 2. The van der Waals surface area contributed by atoms with E-state index in [9.17, 15) is 14.4 Å². The molecule has 1 saturated heterocycles. The van der Waals surface area contributed by atoms with E-state index in [1.807, 2.05) is 14.1 Å². The van der Waals surface area contributed by atoms with Crippen LogP contribution < -0.4 is 4.90 Å². The van der Waals surface area contributed by atoms with Gasteiger partial charge in [0.05, 0.1) is 31.6 Å². The third-order valence-electron chi connectivity index (χ3n) is 4.74. The van der Waals surface area contributed by atoms with Crippen molar-refractivity contribution in [2.75, 3.05) is 27.2 Å². The third-order valence-corrected chi connectivity index (χ3v) is 5.88. The Hall–Kier alpha value is -2.02. The summed E-state index contributed by atoms with van der Waals surface area (Å²) < 4.78 is 0. The predicted molar refractivity (Wildman–Crippen MR) is 105 cm³/mol. The van der Waals surface area contributed by atoms with Gasteiger partial charge in [0, 0.05) is 18.0 Å². The molecule has 1 aromatic carbocycles. The van der Waals surface area contributed by atoms with Crippen LogP contribution in [-0.4, -0.2) is 49.6 Å². The molecule has 2 aromatic rings. The number of hydrogen-bond donors (Lipinski definition) is 1. The van der Waals surface area contributed by atoms with E-state index in [2.05, 4.69) is 0 Å². The van der Waals surface area contributed by atoms with E-state index in [1.165, 1.54) is 16.2 Å². The minimum Gasteiger partial charge on any atom is -0.340 e. The number of amides is 1. The van der Waals surface area contributed by atoms with Crippen molar-refractivity contribution in [2.24, 2.45) is 5.92 Å². The average Bonchev–Trinajstić information content (AvgIpc) is 3.25. The number of likely N-dealkylation sites (tertiary alicyclic amines) is 1. The summed E-state index contributed by atoms with van der Waals surface area (Å²) in [6.45, 7) is 1.31. The van der Waals surface area contributed by atoms with Crippen LogP contribution in [-0.2, 0) is 9.59 Å². The highest BCUT2D eigenvalue weighted by Crippen LogP contribution is 2.39. The normalized spacial score (nSPS) is 19.9. The van der Waals surface area contributed by atoms with Gasteiger partial charge in [-0.25, -0.2) is 0 Å². The molecule has 2 atom stereocenters. The summed E-state index contributed by atoms with van der Waals surface area (Å²) in [4.78, 5) is 41.8. The number of Topliss-reactive ketones (excluding diaryl/α,β-unsaturated/α-hetero) is 2. The van der Waals surface area contributed by atoms with Crippen molar-refractivity contribution < 1.29 is 19.3 Å². The Kier molecular flexibility index (Phi) is 6.09. The van der Waals surface area contributed by atoms with Crippen molar-refractivity contribution in [3.63, 3.8) is 0 Å². The number of thiophene rings is 1. The fourth-order valence-electron chi connectivity index (χ4n) is 3.43. The van der Waals surface area contributed by atoms with Crippen LogP contribution in [0, 0.1) is 5.92 Å². The number of rotatable bonds is 7. The third kappa shape index (κ3) is 4.13. The minimum atomic E-state index is -1.01. The minimum absolute atomic E-state index is 0.288. The van der Waals surface area contributed by atoms with Crippen molar-refractivity contribution in [2.45, 2.75) is 12.5 Å². The molecule has 27 heavy (non-hydrogen) atoms. The molecule has 1 aliphatic heterocycles. The molecule has 5 nitrogen and oxygen atoms in total. The summed E-state index contributed by atoms with van der Waals surface area (Å²) in [5.74, 6) is -2.49. The summed E-state index contributed by atoms with van der Waals surface area (Å²) in [7, 11) is 4.08. The Morgan fingerprint density at radius 3 is 2.48 bits per heavy atom. The highest BCUT2D eigenvalue weighted by atomic mass is 35.5. The van der Waals surface area contributed by atoms with Gasteiger partial charge in [-0.05, 0) is 29.1 Å². The first kappa shape index (κ1) is 19.7. The molecule has 7 heteroatoms. The van der Waals surface area contributed by atoms with Gasteiger partial charge in [-0.2, -0.15) is 0 Å². The van der Waals surface area contributed by atoms with Gasteiger partial charge in [-0.15, -0.1) is 11.3 Å². The molecule has 0 aliphatic carbocycles. The highest BCUT2D eigenvalue weighted by molar-refractivity contribution is 7.12. The Labute approximate surface area is 167 Å². The smallest absolute Gasteiger partial charge is 0.291 e.